The van der Waals surface area contributed by atoms with E-state index in [1.54, 1.807) is 55.5 Å². The molecular weight excluding hydrogens is 358 g/mol. The van der Waals surface area contributed by atoms with E-state index in [0.29, 0.717) is 17.1 Å². The number of para-hydroxylation sites is 3. The van der Waals surface area contributed by atoms with Crippen molar-refractivity contribution in [3.8, 4) is 18.1 Å². The minimum Gasteiger partial charge on any atom is -0.479 e. The molecule has 0 bridgehead atoms. The Morgan fingerprint density at radius 2 is 1.89 bits per heavy atom. The van der Waals surface area contributed by atoms with Gasteiger partial charge in [-0.1, -0.05) is 30.2 Å². The van der Waals surface area contributed by atoms with Gasteiger partial charge in [-0.2, -0.15) is 0 Å². The Labute approximate surface area is 162 Å². The van der Waals surface area contributed by atoms with Crippen LogP contribution in [0.25, 0.3) is 0 Å². The van der Waals surface area contributed by atoms with Gasteiger partial charge in [0.25, 0.3) is 11.8 Å². The average molecular weight is 377 g/mol. The summed E-state index contributed by atoms with van der Waals surface area (Å²) in [6.45, 7) is 1.51. The first kappa shape index (κ1) is 19.0. The van der Waals surface area contributed by atoms with Crippen molar-refractivity contribution in [3.63, 3.8) is 0 Å². The minimum absolute atomic E-state index is 0.0814. The van der Waals surface area contributed by atoms with Crippen LogP contribution in [0.2, 0.25) is 0 Å². The molecule has 2 aromatic rings. The zero-order valence-corrected chi connectivity index (χ0v) is 15.3. The first-order chi connectivity index (χ1) is 13.5. The molecule has 0 aromatic heterocycles. The summed E-state index contributed by atoms with van der Waals surface area (Å²) in [5.74, 6) is 1.72. The van der Waals surface area contributed by atoms with Crippen molar-refractivity contribution in [2.24, 2.45) is 0 Å². The zero-order chi connectivity index (χ0) is 20.1. The highest BCUT2D eigenvalue weighted by molar-refractivity contribution is 6.08. The number of amides is 3. The minimum atomic E-state index is -0.690. The second-order valence-electron chi connectivity index (χ2n) is 6.13. The van der Waals surface area contributed by atoms with Gasteiger partial charge in [-0.15, -0.1) is 6.42 Å². The number of nitrogens with zero attached hydrogens (tertiary/aromatic N) is 1. The van der Waals surface area contributed by atoms with Gasteiger partial charge in [0.15, 0.2) is 6.10 Å². The third-order valence-electron chi connectivity index (χ3n) is 4.17. The maximum atomic E-state index is 12.6. The van der Waals surface area contributed by atoms with Crippen LogP contribution < -0.4 is 20.3 Å². The van der Waals surface area contributed by atoms with E-state index in [0.717, 1.165) is 0 Å². The van der Waals surface area contributed by atoms with Crippen LogP contribution >= 0.6 is 0 Å². The van der Waals surface area contributed by atoms with Gasteiger partial charge in [0.05, 0.1) is 23.5 Å². The Kier molecular flexibility index (Phi) is 5.61. The second kappa shape index (κ2) is 8.27. The molecule has 1 atom stereocenters. The third kappa shape index (κ3) is 3.96. The number of hydrogen-bond acceptors (Lipinski definition) is 4. The molecule has 0 aliphatic carbocycles. The van der Waals surface area contributed by atoms with Crippen LogP contribution in [0, 0.1) is 12.3 Å². The monoisotopic (exact) mass is 377 g/mol. The summed E-state index contributed by atoms with van der Waals surface area (Å²) in [4.78, 5) is 38.7. The largest absolute Gasteiger partial charge is 0.479 e. The number of ether oxygens (including phenoxy) is 1. The summed E-state index contributed by atoms with van der Waals surface area (Å²) < 4.78 is 5.57. The van der Waals surface area contributed by atoms with Gasteiger partial charge in [0.2, 0.25) is 5.91 Å². The lowest BCUT2D eigenvalue weighted by molar-refractivity contribution is -0.127. The van der Waals surface area contributed by atoms with Gasteiger partial charge in [-0.05, 0) is 31.2 Å². The molecule has 1 aliphatic rings. The first-order valence-corrected chi connectivity index (χ1v) is 8.69. The fraction of sp³-hybridized carbons (Fsp3) is 0.190. The summed E-state index contributed by atoms with van der Waals surface area (Å²) >= 11 is 0. The quantitative estimate of drug-likeness (QED) is 0.778. The van der Waals surface area contributed by atoms with Crippen LogP contribution in [-0.2, 0) is 9.59 Å². The van der Waals surface area contributed by atoms with Gasteiger partial charge in [-0.3, -0.25) is 19.3 Å². The van der Waals surface area contributed by atoms with Gasteiger partial charge in [0.1, 0.15) is 12.3 Å². The molecule has 0 fully saturated rings. The molecule has 0 saturated carbocycles. The lowest BCUT2D eigenvalue weighted by Gasteiger charge is -2.32. The number of carbonyl (C=O) groups is 3. The summed E-state index contributed by atoms with van der Waals surface area (Å²) in [5.41, 5.74) is 1.15. The molecule has 142 valence electrons. The fourth-order valence-electron chi connectivity index (χ4n) is 2.87. The molecule has 7 heteroatoms. The molecule has 1 unspecified atom stereocenters. The van der Waals surface area contributed by atoms with Crippen LogP contribution in [0.1, 0.15) is 17.3 Å². The van der Waals surface area contributed by atoms with Crippen molar-refractivity contribution < 1.29 is 19.1 Å². The summed E-state index contributed by atoms with van der Waals surface area (Å²) in [5, 5.41) is 5.26. The van der Waals surface area contributed by atoms with Crippen molar-refractivity contribution >= 4 is 29.1 Å². The molecule has 1 aliphatic heterocycles. The molecular formula is C21H19N3O4. The number of rotatable bonds is 5. The number of nitrogens with one attached hydrogen (secondary N) is 2. The van der Waals surface area contributed by atoms with E-state index >= 15 is 0 Å². The highest BCUT2D eigenvalue weighted by atomic mass is 16.5. The number of hydrogen-bond donors (Lipinski definition) is 2. The predicted octanol–water partition coefficient (Wildman–Crippen LogP) is 1.80. The van der Waals surface area contributed by atoms with Gasteiger partial charge in [-0.25, -0.2) is 0 Å². The van der Waals surface area contributed by atoms with Gasteiger partial charge >= 0.3 is 0 Å². The Hall–Kier alpha value is -3.79. The van der Waals surface area contributed by atoms with E-state index in [-0.39, 0.29) is 24.6 Å². The van der Waals surface area contributed by atoms with Gasteiger partial charge < -0.3 is 15.4 Å². The molecule has 0 spiro atoms. The molecule has 2 aromatic carbocycles. The van der Waals surface area contributed by atoms with Crippen molar-refractivity contribution in [2.45, 2.75) is 13.0 Å². The third-order valence-corrected chi connectivity index (χ3v) is 4.17. The number of fused-ring (bicyclic) bond motifs is 1. The molecule has 2 N–H and O–H groups in total. The van der Waals surface area contributed by atoms with Crippen LogP contribution in [0.4, 0.5) is 11.4 Å². The highest BCUT2D eigenvalue weighted by Gasteiger charge is 2.32. The van der Waals surface area contributed by atoms with Crippen molar-refractivity contribution in [1.82, 2.24) is 5.32 Å². The molecule has 28 heavy (non-hydrogen) atoms. The number of anilines is 2. The maximum absolute atomic E-state index is 12.6. The summed E-state index contributed by atoms with van der Waals surface area (Å²) in [6.07, 6.45) is 4.47. The van der Waals surface area contributed by atoms with Crippen LogP contribution in [0.15, 0.2) is 48.5 Å². The number of terminal acetylenes is 1. The number of carbonyl (C=O) groups excluding carboxylic acids is 3. The SMILES string of the molecule is C#CCNC(=O)c1ccccc1NC(=O)CN1C(=O)C(C)Oc2ccccc21. The van der Waals surface area contributed by atoms with E-state index in [4.69, 9.17) is 11.2 Å². The fourth-order valence-corrected chi connectivity index (χ4v) is 2.87. The van der Waals surface area contributed by atoms with E-state index in [9.17, 15) is 14.4 Å². The smallest absolute Gasteiger partial charge is 0.268 e. The summed E-state index contributed by atoms with van der Waals surface area (Å²) in [7, 11) is 0. The Morgan fingerprint density at radius 3 is 2.68 bits per heavy atom. The van der Waals surface area contributed by atoms with E-state index in [1.165, 1.54) is 4.90 Å². The van der Waals surface area contributed by atoms with Crippen molar-refractivity contribution in [2.75, 3.05) is 23.3 Å². The summed E-state index contributed by atoms with van der Waals surface area (Å²) in [6, 6.07) is 13.6. The zero-order valence-electron chi connectivity index (χ0n) is 15.3. The number of benzene rings is 2. The molecule has 3 amide bonds. The molecule has 1 heterocycles. The van der Waals surface area contributed by atoms with Crippen molar-refractivity contribution in [1.29, 1.82) is 0 Å². The molecule has 0 radical (unpaired) electrons. The van der Waals surface area contributed by atoms with Crippen LogP contribution in [-0.4, -0.2) is 36.9 Å². The molecule has 3 rings (SSSR count). The van der Waals surface area contributed by atoms with Crippen LogP contribution in [0.5, 0.6) is 5.75 Å². The topological polar surface area (TPSA) is 87.7 Å². The van der Waals surface area contributed by atoms with E-state index < -0.39 is 17.9 Å². The molecule has 7 nitrogen and oxygen atoms in total. The second-order valence-corrected chi connectivity index (χ2v) is 6.13. The normalized spacial score (nSPS) is 15.1. The lowest BCUT2D eigenvalue weighted by atomic mass is 10.1. The highest BCUT2D eigenvalue weighted by Crippen LogP contribution is 2.33. The first-order valence-electron chi connectivity index (χ1n) is 8.69. The Bertz CT molecular complexity index is 964. The molecule has 0 saturated heterocycles. The van der Waals surface area contributed by atoms with E-state index in [1.807, 2.05) is 0 Å². The predicted molar refractivity (Wildman–Crippen MR) is 105 cm³/mol. The van der Waals surface area contributed by atoms with Crippen LogP contribution in [0.3, 0.4) is 0 Å². The lowest BCUT2D eigenvalue weighted by Crippen LogP contribution is -2.47. The Morgan fingerprint density at radius 1 is 1.18 bits per heavy atom. The van der Waals surface area contributed by atoms with Crippen molar-refractivity contribution in [3.05, 3.63) is 54.1 Å². The van der Waals surface area contributed by atoms with Gasteiger partial charge in [0, 0.05) is 0 Å². The van der Waals surface area contributed by atoms with E-state index in [2.05, 4.69) is 16.6 Å². The maximum Gasteiger partial charge on any atom is 0.268 e. The average Bonchev–Trinajstić information content (AvgIpc) is 2.70. The standard InChI is InChI=1S/C21H19N3O4/c1-3-12-22-20(26)15-8-4-5-9-16(15)23-19(25)13-24-17-10-6-7-11-18(17)28-14(2)21(24)27/h1,4-11,14H,12-13H2,2H3,(H,22,26)(H,23,25). The Balaban J connectivity index is 1.78.